The second-order valence-electron chi connectivity index (χ2n) is 5.15. The van der Waals surface area contributed by atoms with Crippen LogP contribution in [0.5, 0.6) is 0 Å². The van der Waals surface area contributed by atoms with Crippen LogP contribution in [0, 0.1) is 17.6 Å². The number of carbonyl (C=O) groups is 2. The number of hydrogen-bond donors (Lipinski definition) is 1. The summed E-state index contributed by atoms with van der Waals surface area (Å²) in [4.78, 5) is 24.8. The predicted octanol–water partition coefficient (Wildman–Crippen LogP) is 0.796. The molecule has 1 fully saturated rings. The zero-order chi connectivity index (χ0) is 16.3. The van der Waals surface area contributed by atoms with Gasteiger partial charge in [0.05, 0.1) is 16.7 Å². The second-order valence-corrected chi connectivity index (χ2v) is 6.60. The number of carbonyl (C=O) groups excluding carboxylic acids is 2. The zero-order valence-electron chi connectivity index (χ0n) is 11.8. The van der Waals surface area contributed by atoms with Crippen molar-refractivity contribution in [2.24, 2.45) is 11.7 Å². The van der Waals surface area contributed by atoms with Gasteiger partial charge in [0.1, 0.15) is 5.75 Å². The molecular formula is C14H16F2N2O3S. The van der Waals surface area contributed by atoms with E-state index in [1.807, 2.05) is 0 Å². The van der Waals surface area contributed by atoms with E-state index >= 15 is 0 Å². The fourth-order valence-electron chi connectivity index (χ4n) is 2.34. The molecule has 0 unspecified atom stereocenters. The molecule has 0 saturated carbocycles. The standard InChI is InChI=1S/C14H16F2N2O3S/c15-11-4-3-10(6-12(11)16)22(21)8-13(19)18-5-1-2-9(7-18)14(17)20/h3-4,6,9H,1-2,5,7-8H2,(H2,17,20)/t9-,22+/m1/s1. The Kier molecular flexibility index (Phi) is 5.23. The molecule has 22 heavy (non-hydrogen) atoms. The van der Waals surface area contributed by atoms with Crippen LogP contribution < -0.4 is 5.73 Å². The van der Waals surface area contributed by atoms with Crippen molar-refractivity contribution in [3.63, 3.8) is 0 Å². The Morgan fingerprint density at radius 1 is 1.32 bits per heavy atom. The molecule has 1 heterocycles. The third kappa shape index (κ3) is 3.88. The summed E-state index contributed by atoms with van der Waals surface area (Å²) in [5.41, 5.74) is 5.24. The summed E-state index contributed by atoms with van der Waals surface area (Å²) >= 11 is 0. The molecule has 1 aromatic rings. The van der Waals surface area contributed by atoms with Gasteiger partial charge in [-0.3, -0.25) is 13.8 Å². The van der Waals surface area contributed by atoms with E-state index in [0.717, 1.165) is 12.1 Å². The highest BCUT2D eigenvalue weighted by atomic mass is 32.2. The number of primary amides is 1. The highest BCUT2D eigenvalue weighted by Crippen LogP contribution is 2.17. The monoisotopic (exact) mass is 330 g/mol. The van der Waals surface area contributed by atoms with Crippen LogP contribution in [0.25, 0.3) is 0 Å². The van der Waals surface area contributed by atoms with Crippen LogP contribution >= 0.6 is 0 Å². The molecule has 2 rings (SSSR count). The molecule has 1 aliphatic heterocycles. The normalized spacial score (nSPS) is 19.7. The number of nitrogens with two attached hydrogens (primary N) is 1. The summed E-state index contributed by atoms with van der Waals surface area (Å²) in [6.45, 7) is 0.681. The van der Waals surface area contributed by atoms with Gasteiger partial charge in [-0.05, 0) is 31.0 Å². The van der Waals surface area contributed by atoms with Crippen LogP contribution in [-0.2, 0) is 20.4 Å². The number of likely N-dealkylation sites (tertiary alicyclic amines) is 1. The van der Waals surface area contributed by atoms with Crippen LogP contribution in [0.3, 0.4) is 0 Å². The third-order valence-corrected chi connectivity index (χ3v) is 4.87. The lowest BCUT2D eigenvalue weighted by Crippen LogP contribution is -2.45. The van der Waals surface area contributed by atoms with E-state index in [1.54, 1.807) is 0 Å². The Bertz CT molecular complexity index is 624. The molecule has 2 N–H and O–H groups in total. The Labute approximate surface area is 128 Å². The molecule has 2 amide bonds. The number of amides is 2. The Balaban J connectivity index is 2.00. The van der Waals surface area contributed by atoms with E-state index in [0.29, 0.717) is 19.4 Å². The van der Waals surface area contributed by atoms with Gasteiger partial charge in [0, 0.05) is 18.0 Å². The SMILES string of the molecule is NC(=O)[C@@H]1CCCN(C(=O)C[S@](=O)c2ccc(F)c(F)c2)C1. The summed E-state index contributed by atoms with van der Waals surface area (Å²) in [7, 11) is -1.77. The maximum Gasteiger partial charge on any atom is 0.235 e. The van der Waals surface area contributed by atoms with E-state index in [-0.39, 0.29) is 17.2 Å². The molecule has 2 atom stereocenters. The first kappa shape index (κ1) is 16.5. The van der Waals surface area contributed by atoms with Gasteiger partial charge in [0.15, 0.2) is 11.6 Å². The smallest absolute Gasteiger partial charge is 0.235 e. The Morgan fingerprint density at radius 2 is 2.05 bits per heavy atom. The zero-order valence-corrected chi connectivity index (χ0v) is 12.6. The van der Waals surface area contributed by atoms with Crippen LogP contribution in [0.15, 0.2) is 23.1 Å². The first-order chi connectivity index (χ1) is 10.4. The molecule has 0 aromatic heterocycles. The van der Waals surface area contributed by atoms with Crippen molar-refractivity contribution in [2.75, 3.05) is 18.8 Å². The van der Waals surface area contributed by atoms with Crippen molar-refractivity contribution < 1.29 is 22.6 Å². The average molecular weight is 330 g/mol. The van der Waals surface area contributed by atoms with Crippen LogP contribution in [0.1, 0.15) is 12.8 Å². The molecule has 1 aromatic carbocycles. The van der Waals surface area contributed by atoms with E-state index < -0.39 is 40.2 Å². The van der Waals surface area contributed by atoms with Gasteiger partial charge >= 0.3 is 0 Å². The molecule has 1 saturated heterocycles. The summed E-state index contributed by atoms with van der Waals surface area (Å²) < 4.78 is 38.0. The fourth-order valence-corrected chi connectivity index (χ4v) is 3.37. The Hall–Kier alpha value is -1.83. The first-order valence-corrected chi connectivity index (χ1v) is 8.11. The maximum atomic E-state index is 13.1. The lowest BCUT2D eigenvalue weighted by molar-refractivity contribution is -0.132. The van der Waals surface area contributed by atoms with Gasteiger partial charge in [0.2, 0.25) is 11.8 Å². The molecule has 0 bridgehead atoms. The first-order valence-electron chi connectivity index (χ1n) is 6.79. The molecule has 120 valence electrons. The second kappa shape index (κ2) is 6.95. The lowest BCUT2D eigenvalue weighted by Gasteiger charge is -2.31. The van der Waals surface area contributed by atoms with Gasteiger partial charge in [-0.1, -0.05) is 0 Å². The lowest BCUT2D eigenvalue weighted by atomic mass is 9.97. The number of hydrogen-bond acceptors (Lipinski definition) is 3. The topological polar surface area (TPSA) is 80.5 Å². The van der Waals surface area contributed by atoms with Gasteiger partial charge in [-0.25, -0.2) is 8.78 Å². The van der Waals surface area contributed by atoms with E-state index in [2.05, 4.69) is 0 Å². The molecular weight excluding hydrogens is 314 g/mol. The largest absolute Gasteiger partial charge is 0.369 e. The van der Waals surface area contributed by atoms with Crippen molar-refractivity contribution in [1.29, 1.82) is 0 Å². The van der Waals surface area contributed by atoms with Crippen LogP contribution in [0.4, 0.5) is 8.78 Å². The van der Waals surface area contributed by atoms with Gasteiger partial charge in [-0.15, -0.1) is 0 Å². The number of halogens is 2. The summed E-state index contributed by atoms with van der Waals surface area (Å²) in [6.07, 6.45) is 1.28. The van der Waals surface area contributed by atoms with Crippen molar-refractivity contribution >= 4 is 22.6 Å². The summed E-state index contributed by atoms with van der Waals surface area (Å²) in [6, 6.07) is 2.88. The van der Waals surface area contributed by atoms with Crippen LogP contribution in [0.2, 0.25) is 0 Å². The minimum atomic E-state index is -1.77. The summed E-state index contributed by atoms with van der Waals surface area (Å²) in [5, 5.41) is 0. The number of benzene rings is 1. The van der Waals surface area contributed by atoms with Crippen molar-refractivity contribution in [3.05, 3.63) is 29.8 Å². The number of nitrogens with zero attached hydrogens (tertiary/aromatic N) is 1. The van der Waals surface area contributed by atoms with E-state index in [9.17, 15) is 22.6 Å². The minimum Gasteiger partial charge on any atom is -0.369 e. The molecule has 0 aliphatic carbocycles. The van der Waals surface area contributed by atoms with Crippen molar-refractivity contribution in [1.82, 2.24) is 4.90 Å². The van der Waals surface area contributed by atoms with E-state index in [1.165, 1.54) is 11.0 Å². The van der Waals surface area contributed by atoms with Crippen LogP contribution in [-0.4, -0.2) is 39.8 Å². The van der Waals surface area contributed by atoms with E-state index in [4.69, 9.17) is 5.73 Å². The van der Waals surface area contributed by atoms with Gasteiger partial charge in [0.25, 0.3) is 0 Å². The number of piperidine rings is 1. The predicted molar refractivity (Wildman–Crippen MR) is 76.1 cm³/mol. The highest BCUT2D eigenvalue weighted by molar-refractivity contribution is 7.85. The van der Waals surface area contributed by atoms with Gasteiger partial charge < -0.3 is 10.6 Å². The van der Waals surface area contributed by atoms with Gasteiger partial charge in [-0.2, -0.15) is 0 Å². The minimum absolute atomic E-state index is 0.0516. The molecule has 0 radical (unpaired) electrons. The summed E-state index contributed by atoms with van der Waals surface area (Å²) in [5.74, 6) is -3.73. The van der Waals surface area contributed by atoms with Crippen molar-refractivity contribution in [3.8, 4) is 0 Å². The molecule has 8 heteroatoms. The third-order valence-electron chi connectivity index (χ3n) is 3.58. The average Bonchev–Trinajstić information content (AvgIpc) is 2.50. The Morgan fingerprint density at radius 3 is 2.68 bits per heavy atom. The molecule has 0 spiro atoms. The molecule has 5 nitrogen and oxygen atoms in total. The number of rotatable bonds is 4. The fraction of sp³-hybridized carbons (Fsp3) is 0.429. The van der Waals surface area contributed by atoms with Crippen molar-refractivity contribution in [2.45, 2.75) is 17.7 Å². The quantitative estimate of drug-likeness (QED) is 0.886. The highest BCUT2D eigenvalue weighted by Gasteiger charge is 2.27. The molecule has 1 aliphatic rings. The maximum absolute atomic E-state index is 13.1.